The average Bonchev–Trinajstić information content (AvgIpc) is 2.12. The first-order valence-electron chi connectivity index (χ1n) is 1.71. The van der Waals surface area contributed by atoms with Crippen LogP contribution in [-0.4, -0.2) is 13.1 Å². The van der Waals surface area contributed by atoms with Gasteiger partial charge in [0.15, 0.2) is 0 Å². The van der Waals surface area contributed by atoms with Crippen LogP contribution in [0, 0.1) is 31.1 Å². The van der Waals surface area contributed by atoms with Crippen LogP contribution in [0.5, 0.6) is 0 Å². The summed E-state index contributed by atoms with van der Waals surface area (Å²) in [5.41, 5.74) is 0. The Morgan fingerprint density at radius 2 is 2.00 bits per heavy atom. The summed E-state index contributed by atoms with van der Waals surface area (Å²) < 4.78 is 0. The molecule has 1 nitrogen and oxygen atoms in total. The van der Waals surface area contributed by atoms with Crippen molar-refractivity contribution in [2.24, 2.45) is 0 Å². The van der Waals surface area contributed by atoms with Gasteiger partial charge in [-0.2, -0.15) is 7.05 Å². The minimum Gasteiger partial charge on any atom is -0.656 e. The van der Waals surface area contributed by atoms with Crippen molar-refractivity contribution in [3.63, 3.8) is 0 Å². The van der Waals surface area contributed by atoms with Crippen LogP contribution in [-0.2, 0) is 0 Å². The van der Waals surface area contributed by atoms with E-state index in [0.29, 0.717) is 6.04 Å². The fourth-order valence-electron chi connectivity index (χ4n) is 0.222. The van der Waals surface area contributed by atoms with E-state index in [4.69, 9.17) is 0 Å². The van der Waals surface area contributed by atoms with Gasteiger partial charge in [0.2, 0.25) is 0 Å². The molecule has 0 atom stereocenters. The molecule has 1 rings (SSSR count). The summed E-state index contributed by atoms with van der Waals surface area (Å²) in [7, 11) is 1.82. The molecule has 0 unspecified atom stereocenters. The van der Waals surface area contributed by atoms with Crippen molar-refractivity contribution in [3.05, 3.63) is 17.5 Å². The Labute approximate surface area is 61.6 Å². The van der Waals surface area contributed by atoms with Crippen molar-refractivity contribution in [3.8, 4) is 0 Å². The third-order valence-electron chi connectivity index (χ3n) is 0.663. The molecule has 32 valence electrons. The van der Waals surface area contributed by atoms with E-state index in [-0.39, 0.29) is 31.1 Å². The fraction of sp³-hybridized carbons (Fsp3) is 0.500. The van der Waals surface area contributed by atoms with Crippen LogP contribution >= 0.6 is 0 Å². The predicted molar refractivity (Wildman–Crippen MR) is 22.2 cm³/mol. The van der Waals surface area contributed by atoms with Crippen LogP contribution in [0.1, 0.15) is 0 Å². The van der Waals surface area contributed by atoms with Gasteiger partial charge in [-0.15, -0.1) is 12.2 Å². The number of rotatable bonds is 1. The molecule has 0 fully saturated rings. The molecule has 0 aromatic heterocycles. The maximum absolute atomic E-state index is 3.89. The molecule has 0 heterocycles. The fourth-order valence-corrected chi connectivity index (χ4v) is 0.222. The third kappa shape index (κ3) is 2.02. The first-order chi connectivity index (χ1) is 2.43. The Bertz CT molecular complexity index is 54.6. The molecule has 0 saturated carbocycles. The first-order valence-corrected chi connectivity index (χ1v) is 1.71. The van der Waals surface area contributed by atoms with E-state index in [0.717, 1.165) is 0 Å². The minimum atomic E-state index is 0. The molecule has 0 aromatic carbocycles. The Hall–Kier alpha value is 0.752. The van der Waals surface area contributed by atoms with E-state index in [1.54, 1.807) is 0 Å². The van der Waals surface area contributed by atoms with Gasteiger partial charge < -0.3 is 5.32 Å². The molecule has 0 bridgehead atoms. The first kappa shape index (κ1) is 6.75. The summed E-state index contributed by atoms with van der Waals surface area (Å²) in [5.74, 6) is 0. The van der Waals surface area contributed by atoms with E-state index in [1.807, 2.05) is 7.05 Å². The van der Waals surface area contributed by atoms with Gasteiger partial charge in [0.1, 0.15) is 0 Å². The van der Waals surface area contributed by atoms with Gasteiger partial charge in [0.05, 0.1) is 0 Å². The van der Waals surface area contributed by atoms with Gasteiger partial charge in [-0.25, -0.2) is 0 Å². The SMILES string of the molecule is C[N-]C1C=C1.[U]. The summed E-state index contributed by atoms with van der Waals surface area (Å²) in [5, 5.41) is 3.89. The van der Waals surface area contributed by atoms with Crippen LogP contribution in [0.15, 0.2) is 12.2 Å². The van der Waals surface area contributed by atoms with Crippen molar-refractivity contribution < 1.29 is 31.1 Å². The Morgan fingerprint density at radius 1 is 1.50 bits per heavy atom. The zero-order chi connectivity index (χ0) is 3.70. The molecular weight excluding hydrogens is 300 g/mol. The summed E-state index contributed by atoms with van der Waals surface area (Å²) in [4.78, 5) is 0. The van der Waals surface area contributed by atoms with Crippen LogP contribution < -0.4 is 0 Å². The van der Waals surface area contributed by atoms with Crippen LogP contribution in [0.25, 0.3) is 5.32 Å². The van der Waals surface area contributed by atoms with Gasteiger partial charge in [-0.3, -0.25) is 0 Å². The second-order valence-electron chi connectivity index (χ2n) is 1.13. The van der Waals surface area contributed by atoms with Gasteiger partial charge >= 0.3 is 0 Å². The maximum Gasteiger partial charge on any atom is 0 e. The molecule has 0 aromatic rings. The molecule has 1 aliphatic rings. The Morgan fingerprint density at radius 3 is 2.00 bits per heavy atom. The molecule has 0 amide bonds. The van der Waals surface area contributed by atoms with Crippen LogP contribution in [0.2, 0.25) is 0 Å². The molecule has 0 aliphatic heterocycles. The minimum absolute atomic E-state index is 0. The smallest absolute Gasteiger partial charge is 0 e. The quantitative estimate of drug-likeness (QED) is 0.640. The summed E-state index contributed by atoms with van der Waals surface area (Å²) in [6.45, 7) is 0. The zero-order valence-corrected chi connectivity index (χ0v) is 7.84. The number of likely N-dealkylation sites (N-methyl/N-ethyl adjacent to an activating group) is 1. The Balaban J connectivity index is 0.000000250. The van der Waals surface area contributed by atoms with E-state index in [2.05, 4.69) is 17.5 Å². The number of nitrogens with zero attached hydrogens (tertiary/aromatic N) is 1. The predicted octanol–water partition coefficient (Wildman–Crippen LogP) is 0.928. The monoisotopic (exact) mass is 306 g/mol. The summed E-state index contributed by atoms with van der Waals surface area (Å²) in [6, 6.07) is 0.509. The second kappa shape index (κ2) is 2.85. The normalized spacial score (nSPS) is 16.8. The van der Waals surface area contributed by atoms with E-state index in [9.17, 15) is 0 Å². The van der Waals surface area contributed by atoms with Gasteiger partial charge in [0, 0.05) is 31.1 Å². The van der Waals surface area contributed by atoms with Crippen LogP contribution in [0.4, 0.5) is 0 Å². The molecule has 1 aliphatic carbocycles. The largest absolute Gasteiger partial charge is 0.656 e. The van der Waals surface area contributed by atoms with E-state index < -0.39 is 0 Å². The van der Waals surface area contributed by atoms with Gasteiger partial charge in [0.25, 0.3) is 0 Å². The van der Waals surface area contributed by atoms with Crippen molar-refractivity contribution >= 4 is 0 Å². The second-order valence-corrected chi connectivity index (χ2v) is 1.13. The number of hydrogen-bond donors (Lipinski definition) is 0. The summed E-state index contributed by atoms with van der Waals surface area (Å²) in [6.07, 6.45) is 4.11. The molecule has 0 N–H and O–H groups in total. The standard InChI is InChI=1S/C4H6N.U/c1-5-4-2-3-4;/h2-4H,1H3;/q-1;. The van der Waals surface area contributed by atoms with Crippen LogP contribution in [0.3, 0.4) is 0 Å². The summed E-state index contributed by atoms with van der Waals surface area (Å²) >= 11 is 0. The van der Waals surface area contributed by atoms with Crippen molar-refractivity contribution in [2.75, 3.05) is 7.05 Å². The topological polar surface area (TPSA) is 14.1 Å². The maximum atomic E-state index is 3.89. The molecule has 0 spiro atoms. The van der Waals surface area contributed by atoms with Crippen molar-refractivity contribution in [1.82, 2.24) is 0 Å². The van der Waals surface area contributed by atoms with Gasteiger partial charge in [-0.05, 0) is 0 Å². The average molecular weight is 306 g/mol. The molecular formula is C4H6NU-. The third-order valence-corrected chi connectivity index (χ3v) is 0.663. The molecule has 6 heavy (non-hydrogen) atoms. The van der Waals surface area contributed by atoms with E-state index >= 15 is 0 Å². The van der Waals surface area contributed by atoms with E-state index in [1.165, 1.54) is 0 Å². The number of hydrogen-bond acceptors (Lipinski definition) is 0. The molecule has 0 radical (unpaired) electrons. The molecule has 0 saturated heterocycles. The van der Waals surface area contributed by atoms with Crippen molar-refractivity contribution in [2.45, 2.75) is 6.04 Å². The van der Waals surface area contributed by atoms with Crippen molar-refractivity contribution in [1.29, 1.82) is 0 Å². The van der Waals surface area contributed by atoms with Gasteiger partial charge in [-0.1, -0.05) is 6.04 Å². The molecule has 2 heteroatoms. The zero-order valence-electron chi connectivity index (χ0n) is 3.68. The Kier molecular flexibility index (Phi) is 3.21.